The van der Waals surface area contributed by atoms with Gasteiger partial charge in [0.05, 0.1) is 6.54 Å². The molecule has 178 valence electrons. The Labute approximate surface area is 195 Å². The monoisotopic (exact) mass is 468 g/mol. The van der Waals surface area contributed by atoms with Gasteiger partial charge < -0.3 is 26.3 Å². The number of fused-ring (bicyclic) bond motifs is 1. The van der Waals surface area contributed by atoms with Crippen LogP contribution in [0.5, 0.6) is 0 Å². The van der Waals surface area contributed by atoms with Crippen molar-refractivity contribution in [3.8, 4) is 0 Å². The molecule has 34 heavy (non-hydrogen) atoms. The normalized spacial score (nSPS) is 15.0. The number of likely N-dealkylation sites (tertiary alicyclic amines) is 1. The molecule has 3 aromatic rings. The molecule has 0 unspecified atom stereocenters. The Morgan fingerprint density at radius 2 is 1.79 bits per heavy atom. The van der Waals surface area contributed by atoms with Gasteiger partial charge in [-0.25, -0.2) is 8.78 Å². The first-order chi connectivity index (χ1) is 16.2. The Kier molecular flexibility index (Phi) is 6.34. The summed E-state index contributed by atoms with van der Waals surface area (Å²) >= 11 is 0. The summed E-state index contributed by atoms with van der Waals surface area (Å²) in [5.41, 5.74) is 13.8. The second-order valence-corrected chi connectivity index (χ2v) is 8.38. The standard InChI is InChI=1S/C24H26F2N6O2/c25-24(26)7-10-31(14-24)23(34)20-11-17-5-6-18(21(28)29)12-19(17)32(20)13-15-1-3-16(4-2-15)22(33)30-9-8-27/h1-6,11-12H,7-10,13-14,27H2,(H3,28,29)(H,30,33). The van der Waals surface area contributed by atoms with Crippen LogP contribution in [0.25, 0.3) is 10.9 Å². The second-order valence-electron chi connectivity index (χ2n) is 8.38. The summed E-state index contributed by atoms with van der Waals surface area (Å²) in [4.78, 5) is 26.5. The van der Waals surface area contributed by atoms with Crippen molar-refractivity contribution in [1.82, 2.24) is 14.8 Å². The fraction of sp³-hybridized carbons (Fsp3) is 0.292. The molecule has 0 saturated carbocycles. The highest BCUT2D eigenvalue weighted by molar-refractivity contribution is 6.02. The maximum atomic E-state index is 13.8. The van der Waals surface area contributed by atoms with Gasteiger partial charge in [0.25, 0.3) is 17.7 Å². The van der Waals surface area contributed by atoms with Crippen LogP contribution in [0.3, 0.4) is 0 Å². The highest BCUT2D eigenvalue weighted by atomic mass is 19.3. The van der Waals surface area contributed by atoms with Crippen LogP contribution < -0.4 is 16.8 Å². The predicted molar refractivity (Wildman–Crippen MR) is 125 cm³/mol. The zero-order chi connectivity index (χ0) is 24.5. The van der Waals surface area contributed by atoms with E-state index in [9.17, 15) is 18.4 Å². The van der Waals surface area contributed by atoms with E-state index in [4.69, 9.17) is 16.9 Å². The van der Waals surface area contributed by atoms with Crippen molar-refractivity contribution in [2.45, 2.75) is 18.9 Å². The smallest absolute Gasteiger partial charge is 0.270 e. The van der Waals surface area contributed by atoms with E-state index in [0.717, 1.165) is 10.9 Å². The molecule has 6 N–H and O–H groups in total. The number of carbonyl (C=O) groups is 2. The Balaban J connectivity index is 1.70. The number of amidine groups is 1. The number of nitrogens with one attached hydrogen (secondary N) is 2. The van der Waals surface area contributed by atoms with Gasteiger partial charge in [-0.15, -0.1) is 0 Å². The number of hydrogen-bond acceptors (Lipinski definition) is 4. The Bertz CT molecular complexity index is 1250. The van der Waals surface area contributed by atoms with Gasteiger partial charge in [0.15, 0.2) is 0 Å². The molecule has 1 fully saturated rings. The van der Waals surface area contributed by atoms with Crippen LogP contribution in [-0.2, 0) is 6.54 Å². The van der Waals surface area contributed by atoms with Gasteiger partial charge in [0, 0.05) is 54.6 Å². The molecule has 0 bridgehead atoms. The SMILES string of the molecule is N=C(N)c1ccc2cc(C(=O)N3CCC(F)(F)C3)n(Cc3ccc(C(=O)NCCN)cc3)c2c1. The molecule has 1 aliphatic heterocycles. The maximum absolute atomic E-state index is 13.8. The van der Waals surface area contributed by atoms with Gasteiger partial charge >= 0.3 is 0 Å². The van der Waals surface area contributed by atoms with Crippen LogP contribution in [0.2, 0.25) is 0 Å². The zero-order valence-corrected chi connectivity index (χ0v) is 18.5. The Morgan fingerprint density at radius 1 is 1.09 bits per heavy atom. The number of nitrogen functional groups attached to an aromatic ring is 1. The van der Waals surface area contributed by atoms with Crippen LogP contribution in [0.4, 0.5) is 8.78 Å². The lowest BCUT2D eigenvalue weighted by molar-refractivity contribution is 0.0119. The fourth-order valence-corrected chi connectivity index (χ4v) is 4.07. The number of nitrogens with zero attached hydrogens (tertiary/aromatic N) is 2. The number of amides is 2. The fourth-order valence-electron chi connectivity index (χ4n) is 4.07. The van der Waals surface area contributed by atoms with Gasteiger partial charge in [-0.1, -0.05) is 24.3 Å². The van der Waals surface area contributed by atoms with E-state index in [-0.39, 0.29) is 36.9 Å². The number of hydrogen-bond donors (Lipinski definition) is 4. The largest absolute Gasteiger partial charge is 0.384 e. The highest BCUT2D eigenvalue weighted by Crippen LogP contribution is 2.30. The first-order valence-corrected chi connectivity index (χ1v) is 10.9. The third kappa shape index (κ3) is 4.76. The summed E-state index contributed by atoms with van der Waals surface area (Å²) < 4.78 is 29.3. The molecule has 2 aromatic carbocycles. The lowest BCUT2D eigenvalue weighted by Gasteiger charge is -2.18. The van der Waals surface area contributed by atoms with Crippen molar-refractivity contribution in [3.05, 3.63) is 70.9 Å². The molecule has 0 atom stereocenters. The minimum Gasteiger partial charge on any atom is -0.384 e. The van der Waals surface area contributed by atoms with Crippen LogP contribution in [-0.4, -0.2) is 59.2 Å². The number of nitrogens with two attached hydrogens (primary N) is 2. The number of carbonyl (C=O) groups excluding carboxylic acids is 2. The average molecular weight is 469 g/mol. The molecule has 0 aliphatic carbocycles. The number of benzene rings is 2. The molecular weight excluding hydrogens is 442 g/mol. The third-order valence-electron chi connectivity index (χ3n) is 5.88. The van der Waals surface area contributed by atoms with Crippen molar-refractivity contribution in [2.75, 3.05) is 26.2 Å². The summed E-state index contributed by atoms with van der Waals surface area (Å²) in [5, 5.41) is 11.2. The third-order valence-corrected chi connectivity index (χ3v) is 5.88. The molecule has 1 aliphatic rings. The quantitative estimate of drug-likeness (QED) is 0.313. The van der Waals surface area contributed by atoms with Crippen LogP contribution in [0, 0.1) is 5.41 Å². The number of rotatable bonds is 7. The van der Waals surface area contributed by atoms with Crippen molar-refractivity contribution in [1.29, 1.82) is 5.41 Å². The van der Waals surface area contributed by atoms with Crippen LogP contribution in [0.15, 0.2) is 48.5 Å². The molecule has 4 rings (SSSR count). The predicted octanol–water partition coefficient (Wildman–Crippen LogP) is 2.14. The van der Waals surface area contributed by atoms with Crippen molar-refractivity contribution < 1.29 is 18.4 Å². The van der Waals surface area contributed by atoms with E-state index < -0.39 is 18.4 Å². The van der Waals surface area contributed by atoms with E-state index in [1.165, 1.54) is 4.90 Å². The van der Waals surface area contributed by atoms with Gasteiger partial charge in [0.2, 0.25) is 0 Å². The molecule has 10 heteroatoms. The van der Waals surface area contributed by atoms with Crippen molar-refractivity contribution in [2.24, 2.45) is 11.5 Å². The van der Waals surface area contributed by atoms with Gasteiger partial charge in [0.1, 0.15) is 11.5 Å². The van der Waals surface area contributed by atoms with E-state index in [2.05, 4.69) is 5.32 Å². The van der Waals surface area contributed by atoms with Crippen molar-refractivity contribution in [3.63, 3.8) is 0 Å². The van der Waals surface area contributed by atoms with Crippen molar-refractivity contribution >= 4 is 28.6 Å². The lowest BCUT2D eigenvalue weighted by atomic mass is 10.1. The van der Waals surface area contributed by atoms with E-state index in [1.54, 1.807) is 53.1 Å². The second kappa shape index (κ2) is 9.22. The minimum atomic E-state index is -2.89. The topological polar surface area (TPSA) is 130 Å². The van der Waals surface area contributed by atoms with Gasteiger partial charge in [-0.2, -0.15) is 0 Å². The molecule has 0 spiro atoms. The molecule has 2 heterocycles. The zero-order valence-electron chi connectivity index (χ0n) is 18.5. The summed E-state index contributed by atoms with van der Waals surface area (Å²) in [6.45, 7) is 0.347. The molecule has 1 saturated heterocycles. The summed E-state index contributed by atoms with van der Waals surface area (Å²) in [6.07, 6.45) is -0.360. The summed E-state index contributed by atoms with van der Waals surface area (Å²) in [5.74, 6) is -3.72. The highest BCUT2D eigenvalue weighted by Gasteiger charge is 2.41. The number of alkyl halides is 2. The number of aromatic nitrogens is 1. The number of halogens is 2. The van der Waals surface area contributed by atoms with Crippen LogP contribution in [0.1, 0.15) is 38.4 Å². The lowest BCUT2D eigenvalue weighted by Crippen LogP contribution is -2.32. The van der Waals surface area contributed by atoms with E-state index in [1.807, 2.05) is 0 Å². The van der Waals surface area contributed by atoms with Gasteiger partial charge in [-0.05, 0) is 29.8 Å². The molecule has 1 aromatic heterocycles. The Morgan fingerprint density at radius 3 is 2.41 bits per heavy atom. The van der Waals surface area contributed by atoms with Gasteiger partial charge in [-0.3, -0.25) is 15.0 Å². The molecular formula is C24H26F2N6O2. The molecule has 2 amide bonds. The summed E-state index contributed by atoms with van der Waals surface area (Å²) in [7, 11) is 0. The van der Waals surface area contributed by atoms with E-state index >= 15 is 0 Å². The van der Waals surface area contributed by atoms with E-state index in [0.29, 0.717) is 29.7 Å². The first kappa shape index (κ1) is 23.4. The molecule has 0 radical (unpaired) electrons. The average Bonchev–Trinajstić information content (AvgIpc) is 3.36. The summed E-state index contributed by atoms with van der Waals surface area (Å²) in [6, 6.07) is 13.7. The Hall–Kier alpha value is -3.79. The maximum Gasteiger partial charge on any atom is 0.270 e. The molecule has 8 nitrogen and oxygen atoms in total. The van der Waals surface area contributed by atoms with Crippen LogP contribution >= 0.6 is 0 Å². The minimum absolute atomic E-state index is 0.0152. The first-order valence-electron chi connectivity index (χ1n) is 10.9.